The summed E-state index contributed by atoms with van der Waals surface area (Å²) in [6, 6.07) is 11.2. The fourth-order valence-corrected chi connectivity index (χ4v) is 2.45. The molecular weight excluding hydrogens is 272 g/mol. The van der Waals surface area contributed by atoms with Crippen LogP contribution in [0.1, 0.15) is 27.0 Å². The molecule has 2 rings (SSSR count). The number of carbonyl (C=O) groups is 1. The molecule has 0 heterocycles. The fraction of sp³-hybridized carbons (Fsp3) is 0.235. The maximum Gasteiger partial charge on any atom is 0.167 e. The van der Waals surface area contributed by atoms with E-state index >= 15 is 0 Å². The standard InChI is InChI=1S/C17H17ClO2/c1-11-8-17(20-3)12(2)7-15(11)16(19)10-13-5-4-6-14(18)9-13/h4-9H,10H2,1-3H3. The number of Topliss-reactive ketones (excluding diaryl/α,β-unsaturated/α-hetero) is 1. The van der Waals surface area contributed by atoms with Gasteiger partial charge in [0.25, 0.3) is 0 Å². The lowest BCUT2D eigenvalue weighted by atomic mass is 9.97. The van der Waals surface area contributed by atoms with E-state index in [0.29, 0.717) is 11.4 Å². The van der Waals surface area contributed by atoms with E-state index < -0.39 is 0 Å². The minimum absolute atomic E-state index is 0.0931. The van der Waals surface area contributed by atoms with Gasteiger partial charge in [0, 0.05) is 17.0 Å². The molecule has 3 heteroatoms. The largest absolute Gasteiger partial charge is 0.496 e. The van der Waals surface area contributed by atoms with Crippen LogP contribution >= 0.6 is 11.6 Å². The van der Waals surface area contributed by atoms with Crippen LogP contribution in [0.4, 0.5) is 0 Å². The van der Waals surface area contributed by atoms with Gasteiger partial charge in [0.05, 0.1) is 7.11 Å². The topological polar surface area (TPSA) is 26.3 Å². The van der Waals surface area contributed by atoms with Gasteiger partial charge in [-0.2, -0.15) is 0 Å². The van der Waals surface area contributed by atoms with Gasteiger partial charge in [0.2, 0.25) is 0 Å². The highest BCUT2D eigenvalue weighted by Crippen LogP contribution is 2.24. The summed E-state index contributed by atoms with van der Waals surface area (Å²) < 4.78 is 5.27. The van der Waals surface area contributed by atoms with Gasteiger partial charge in [-0.25, -0.2) is 0 Å². The number of hydrogen-bond donors (Lipinski definition) is 0. The van der Waals surface area contributed by atoms with Crippen LogP contribution in [0.2, 0.25) is 5.02 Å². The molecule has 0 spiro atoms. The van der Waals surface area contributed by atoms with Crippen LogP contribution in [0, 0.1) is 13.8 Å². The number of hydrogen-bond acceptors (Lipinski definition) is 2. The molecule has 0 saturated carbocycles. The molecule has 0 bridgehead atoms. The Hall–Kier alpha value is -1.80. The molecule has 0 aromatic heterocycles. The van der Waals surface area contributed by atoms with Crippen molar-refractivity contribution < 1.29 is 9.53 Å². The third kappa shape index (κ3) is 3.20. The first-order chi connectivity index (χ1) is 9.51. The van der Waals surface area contributed by atoms with Crippen molar-refractivity contribution in [2.45, 2.75) is 20.3 Å². The summed E-state index contributed by atoms with van der Waals surface area (Å²) in [6.07, 6.45) is 0.354. The summed E-state index contributed by atoms with van der Waals surface area (Å²) in [4.78, 5) is 12.4. The zero-order chi connectivity index (χ0) is 14.7. The number of aryl methyl sites for hydroxylation is 2. The lowest BCUT2D eigenvalue weighted by molar-refractivity contribution is 0.0992. The zero-order valence-electron chi connectivity index (χ0n) is 11.9. The fourth-order valence-electron chi connectivity index (χ4n) is 2.24. The van der Waals surface area contributed by atoms with E-state index in [9.17, 15) is 4.79 Å². The molecule has 0 unspecified atom stereocenters. The molecule has 0 N–H and O–H groups in total. The Labute approximate surface area is 124 Å². The zero-order valence-corrected chi connectivity index (χ0v) is 12.6. The highest BCUT2D eigenvalue weighted by atomic mass is 35.5. The van der Waals surface area contributed by atoms with E-state index in [-0.39, 0.29) is 5.78 Å². The van der Waals surface area contributed by atoms with Gasteiger partial charge in [-0.3, -0.25) is 4.79 Å². The first-order valence-electron chi connectivity index (χ1n) is 6.44. The molecule has 0 aliphatic carbocycles. The second kappa shape index (κ2) is 6.10. The predicted molar refractivity (Wildman–Crippen MR) is 82.0 cm³/mol. The normalized spacial score (nSPS) is 10.4. The van der Waals surface area contributed by atoms with Gasteiger partial charge in [-0.15, -0.1) is 0 Å². The quantitative estimate of drug-likeness (QED) is 0.780. The van der Waals surface area contributed by atoms with Crippen molar-refractivity contribution in [3.63, 3.8) is 0 Å². The molecular formula is C17H17ClO2. The summed E-state index contributed by atoms with van der Waals surface area (Å²) in [7, 11) is 1.63. The van der Waals surface area contributed by atoms with Crippen LogP contribution in [0.15, 0.2) is 36.4 Å². The molecule has 104 valence electrons. The number of carbonyl (C=O) groups excluding carboxylic acids is 1. The lowest BCUT2D eigenvalue weighted by Crippen LogP contribution is -2.06. The number of methoxy groups -OCH3 is 1. The minimum Gasteiger partial charge on any atom is -0.496 e. The molecule has 0 radical (unpaired) electrons. The average Bonchev–Trinajstić information content (AvgIpc) is 2.40. The SMILES string of the molecule is COc1cc(C)c(C(=O)Cc2cccc(Cl)c2)cc1C. The number of benzene rings is 2. The van der Waals surface area contributed by atoms with Gasteiger partial charge >= 0.3 is 0 Å². The molecule has 2 aromatic rings. The third-order valence-electron chi connectivity index (χ3n) is 3.30. The number of halogens is 1. The molecule has 0 saturated heterocycles. The highest BCUT2D eigenvalue weighted by Gasteiger charge is 2.13. The van der Waals surface area contributed by atoms with Gasteiger partial charge in [0.1, 0.15) is 5.75 Å². The molecule has 0 atom stereocenters. The molecule has 0 fully saturated rings. The van der Waals surface area contributed by atoms with Gasteiger partial charge in [-0.05, 0) is 54.8 Å². The molecule has 2 nitrogen and oxygen atoms in total. The third-order valence-corrected chi connectivity index (χ3v) is 3.53. The molecule has 0 aliphatic rings. The Morgan fingerprint density at radius 3 is 2.55 bits per heavy atom. The van der Waals surface area contributed by atoms with Gasteiger partial charge < -0.3 is 4.74 Å². The predicted octanol–water partition coefficient (Wildman–Crippen LogP) is 4.39. The summed E-state index contributed by atoms with van der Waals surface area (Å²) in [6.45, 7) is 3.86. The van der Waals surface area contributed by atoms with E-state index in [4.69, 9.17) is 16.3 Å². The lowest BCUT2D eigenvalue weighted by Gasteiger charge is -2.10. The van der Waals surface area contributed by atoms with Crippen molar-refractivity contribution in [2.75, 3.05) is 7.11 Å². The molecule has 0 aliphatic heterocycles. The van der Waals surface area contributed by atoms with Crippen molar-refractivity contribution in [3.05, 3.63) is 63.7 Å². The molecule has 20 heavy (non-hydrogen) atoms. The maximum absolute atomic E-state index is 12.4. The second-order valence-corrected chi connectivity index (χ2v) is 5.30. The van der Waals surface area contributed by atoms with E-state index in [1.165, 1.54) is 0 Å². The average molecular weight is 289 g/mol. The Morgan fingerprint density at radius 1 is 1.15 bits per heavy atom. The van der Waals surface area contributed by atoms with Gasteiger partial charge in [0.15, 0.2) is 5.78 Å². The Morgan fingerprint density at radius 2 is 1.90 bits per heavy atom. The maximum atomic E-state index is 12.4. The number of ether oxygens (including phenoxy) is 1. The van der Waals surface area contributed by atoms with E-state index in [0.717, 1.165) is 28.0 Å². The van der Waals surface area contributed by atoms with Gasteiger partial charge in [-0.1, -0.05) is 23.7 Å². The van der Waals surface area contributed by atoms with Crippen molar-refractivity contribution in [1.82, 2.24) is 0 Å². The first-order valence-corrected chi connectivity index (χ1v) is 6.82. The van der Waals surface area contributed by atoms with Crippen molar-refractivity contribution in [1.29, 1.82) is 0 Å². The summed E-state index contributed by atoms with van der Waals surface area (Å²) in [5.41, 5.74) is 3.56. The smallest absolute Gasteiger partial charge is 0.167 e. The van der Waals surface area contributed by atoms with E-state index in [1.807, 2.05) is 44.2 Å². The monoisotopic (exact) mass is 288 g/mol. The Kier molecular flexibility index (Phi) is 4.46. The summed E-state index contributed by atoms with van der Waals surface area (Å²) >= 11 is 5.94. The summed E-state index contributed by atoms with van der Waals surface area (Å²) in [5, 5.41) is 0.651. The highest BCUT2D eigenvalue weighted by molar-refractivity contribution is 6.30. The molecule has 2 aromatic carbocycles. The van der Waals surface area contributed by atoms with Crippen LogP contribution < -0.4 is 4.74 Å². The first kappa shape index (κ1) is 14.6. The molecule has 0 amide bonds. The van der Waals surface area contributed by atoms with Crippen LogP contribution in [0.25, 0.3) is 0 Å². The Balaban J connectivity index is 2.28. The Bertz CT molecular complexity index is 647. The van der Waals surface area contributed by atoms with Crippen molar-refractivity contribution in [2.24, 2.45) is 0 Å². The minimum atomic E-state index is 0.0931. The van der Waals surface area contributed by atoms with Crippen molar-refractivity contribution >= 4 is 17.4 Å². The van der Waals surface area contributed by atoms with Crippen LogP contribution in [-0.4, -0.2) is 12.9 Å². The van der Waals surface area contributed by atoms with Crippen LogP contribution in [-0.2, 0) is 6.42 Å². The number of rotatable bonds is 4. The van der Waals surface area contributed by atoms with Crippen LogP contribution in [0.3, 0.4) is 0 Å². The van der Waals surface area contributed by atoms with E-state index in [2.05, 4.69) is 0 Å². The number of ketones is 1. The van der Waals surface area contributed by atoms with E-state index in [1.54, 1.807) is 13.2 Å². The van der Waals surface area contributed by atoms with Crippen molar-refractivity contribution in [3.8, 4) is 5.75 Å². The summed E-state index contributed by atoms with van der Waals surface area (Å²) in [5.74, 6) is 0.900. The second-order valence-electron chi connectivity index (χ2n) is 4.87. The van der Waals surface area contributed by atoms with Crippen LogP contribution in [0.5, 0.6) is 5.75 Å².